The van der Waals surface area contributed by atoms with Gasteiger partial charge in [-0.1, -0.05) is 39.0 Å². The summed E-state index contributed by atoms with van der Waals surface area (Å²) < 4.78 is 5.09. The Bertz CT molecular complexity index is 310. The molecule has 0 aromatic carbocycles. The summed E-state index contributed by atoms with van der Waals surface area (Å²) in [6, 6.07) is -0.739. The minimum absolute atomic E-state index is 0.164. The first-order chi connectivity index (χ1) is 9.65. The first kappa shape index (κ1) is 16.8. The predicted octanol–water partition coefficient (Wildman–Crippen LogP) is 1.75. The molecule has 1 rings (SSSR count). The number of hydrogen-bond acceptors (Lipinski definition) is 3. The summed E-state index contributed by atoms with van der Waals surface area (Å²) in [5.74, 6) is -1.57. The molecule has 0 saturated carbocycles. The minimum Gasteiger partial charge on any atom is -0.481 e. The van der Waals surface area contributed by atoms with Crippen LogP contribution in [0.3, 0.4) is 0 Å². The molecule has 0 bridgehead atoms. The Morgan fingerprint density at radius 2 is 1.85 bits per heavy atom. The van der Waals surface area contributed by atoms with Crippen LogP contribution in [-0.2, 0) is 9.53 Å². The van der Waals surface area contributed by atoms with Crippen LogP contribution in [0.15, 0.2) is 0 Å². The van der Waals surface area contributed by atoms with Crippen molar-refractivity contribution in [3.63, 3.8) is 0 Å². The molecule has 1 fully saturated rings. The highest BCUT2D eigenvalue weighted by atomic mass is 16.5. The standard InChI is InChI=1S/C14H26N2O4/c1-2-3-4-5-6-7-8-15-14(19)16-12-10-20-9-11(12)13(17)18/h11-12H,2-10H2,1H3,(H,17,18)(H2,15,16,19). The highest BCUT2D eigenvalue weighted by molar-refractivity contribution is 5.77. The molecule has 6 heteroatoms. The van der Waals surface area contributed by atoms with Gasteiger partial charge in [0.25, 0.3) is 0 Å². The molecule has 20 heavy (non-hydrogen) atoms. The van der Waals surface area contributed by atoms with Gasteiger partial charge in [0.1, 0.15) is 5.92 Å². The van der Waals surface area contributed by atoms with Crippen LogP contribution in [0.5, 0.6) is 0 Å². The molecule has 6 nitrogen and oxygen atoms in total. The van der Waals surface area contributed by atoms with Gasteiger partial charge < -0.3 is 20.5 Å². The zero-order valence-corrected chi connectivity index (χ0v) is 12.2. The average molecular weight is 286 g/mol. The van der Waals surface area contributed by atoms with Gasteiger partial charge in [-0.25, -0.2) is 4.79 Å². The topological polar surface area (TPSA) is 87.7 Å². The van der Waals surface area contributed by atoms with E-state index in [0.717, 1.165) is 12.8 Å². The third kappa shape index (κ3) is 6.23. The van der Waals surface area contributed by atoms with Crippen molar-refractivity contribution >= 4 is 12.0 Å². The molecule has 2 atom stereocenters. The summed E-state index contributed by atoms with van der Waals surface area (Å²) in [6.45, 7) is 3.24. The number of carboxylic acids is 1. The fourth-order valence-corrected chi connectivity index (χ4v) is 2.27. The van der Waals surface area contributed by atoms with Gasteiger partial charge in [0.05, 0.1) is 19.3 Å². The molecule has 3 N–H and O–H groups in total. The van der Waals surface area contributed by atoms with Crippen LogP contribution in [0, 0.1) is 5.92 Å². The van der Waals surface area contributed by atoms with Gasteiger partial charge in [-0.05, 0) is 6.42 Å². The van der Waals surface area contributed by atoms with Crippen LogP contribution >= 0.6 is 0 Å². The summed E-state index contributed by atoms with van der Waals surface area (Å²) in [5, 5.41) is 14.4. The lowest BCUT2D eigenvalue weighted by atomic mass is 10.0. The number of aliphatic carboxylic acids is 1. The van der Waals surface area contributed by atoms with Crippen molar-refractivity contribution in [2.24, 2.45) is 5.92 Å². The second kappa shape index (κ2) is 9.58. The lowest BCUT2D eigenvalue weighted by molar-refractivity contribution is -0.142. The van der Waals surface area contributed by atoms with E-state index in [1.165, 1.54) is 25.7 Å². The number of ether oxygens (including phenoxy) is 1. The number of nitrogens with one attached hydrogen (secondary N) is 2. The van der Waals surface area contributed by atoms with Gasteiger partial charge >= 0.3 is 12.0 Å². The third-order valence-corrected chi connectivity index (χ3v) is 3.53. The fraction of sp³-hybridized carbons (Fsp3) is 0.857. The highest BCUT2D eigenvalue weighted by Gasteiger charge is 2.34. The minimum atomic E-state index is -0.927. The zero-order valence-electron chi connectivity index (χ0n) is 12.2. The van der Waals surface area contributed by atoms with Crippen molar-refractivity contribution in [1.82, 2.24) is 10.6 Å². The molecule has 0 spiro atoms. The Morgan fingerprint density at radius 1 is 1.15 bits per heavy atom. The molecular weight excluding hydrogens is 260 g/mol. The molecule has 1 heterocycles. The van der Waals surface area contributed by atoms with Gasteiger partial charge in [0, 0.05) is 6.54 Å². The smallest absolute Gasteiger partial charge is 0.315 e. The monoisotopic (exact) mass is 286 g/mol. The summed E-state index contributed by atoms with van der Waals surface area (Å²) in [5.41, 5.74) is 0. The van der Waals surface area contributed by atoms with E-state index in [1.54, 1.807) is 0 Å². The highest BCUT2D eigenvalue weighted by Crippen LogP contribution is 2.13. The summed E-state index contributed by atoms with van der Waals surface area (Å²) in [6.07, 6.45) is 7.03. The van der Waals surface area contributed by atoms with Crippen molar-refractivity contribution in [3.8, 4) is 0 Å². The first-order valence-corrected chi connectivity index (χ1v) is 7.50. The Labute approximate surface area is 120 Å². The van der Waals surface area contributed by atoms with Gasteiger partial charge in [0.15, 0.2) is 0 Å². The fourth-order valence-electron chi connectivity index (χ4n) is 2.27. The number of urea groups is 1. The maximum absolute atomic E-state index is 11.6. The SMILES string of the molecule is CCCCCCCCNC(=O)NC1COCC1C(=O)O. The van der Waals surface area contributed by atoms with Crippen LogP contribution in [0.25, 0.3) is 0 Å². The number of carboxylic acid groups (broad SMARTS) is 1. The van der Waals surface area contributed by atoms with E-state index in [0.29, 0.717) is 6.54 Å². The third-order valence-electron chi connectivity index (χ3n) is 3.53. The second-order valence-corrected chi connectivity index (χ2v) is 5.26. The number of unbranched alkanes of at least 4 members (excludes halogenated alkanes) is 5. The Balaban J connectivity index is 2.07. The molecule has 0 aromatic rings. The van der Waals surface area contributed by atoms with Crippen molar-refractivity contribution in [2.45, 2.75) is 51.5 Å². The van der Waals surface area contributed by atoms with Crippen molar-refractivity contribution < 1.29 is 19.4 Å². The van der Waals surface area contributed by atoms with E-state index >= 15 is 0 Å². The van der Waals surface area contributed by atoms with Crippen LogP contribution in [0.4, 0.5) is 4.79 Å². The number of carbonyl (C=O) groups excluding carboxylic acids is 1. The summed E-state index contributed by atoms with van der Waals surface area (Å²) in [4.78, 5) is 22.6. The quantitative estimate of drug-likeness (QED) is 0.563. The van der Waals surface area contributed by atoms with E-state index in [4.69, 9.17) is 9.84 Å². The Kier molecular flexibility index (Phi) is 8.02. The van der Waals surface area contributed by atoms with E-state index in [9.17, 15) is 9.59 Å². The maximum Gasteiger partial charge on any atom is 0.315 e. The predicted molar refractivity (Wildman–Crippen MR) is 75.6 cm³/mol. The summed E-state index contributed by atoms with van der Waals surface area (Å²) in [7, 11) is 0. The van der Waals surface area contributed by atoms with Crippen molar-refractivity contribution in [2.75, 3.05) is 19.8 Å². The number of carbonyl (C=O) groups is 2. The molecule has 0 aliphatic carbocycles. The molecule has 116 valence electrons. The van der Waals surface area contributed by atoms with Crippen LogP contribution in [0.2, 0.25) is 0 Å². The van der Waals surface area contributed by atoms with Crippen LogP contribution < -0.4 is 10.6 Å². The van der Waals surface area contributed by atoms with Gasteiger partial charge in [0.2, 0.25) is 0 Å². The first-order valence-electron chi connectivity index (χ1n) is 7.50. The molecule has 0 aromatic heterocycles. The Morgan fingerprint density at radius 3 is 2.55 bits per heavy atom. The Hall–Kier alpha value is -1.30. The van der Waals surface area contributed by atoms with Crippen LogP contribution in [0.1, 0.15) is 45.4 Å². The van der Waals surface area contributed by atoms with Crippen LogP contribution in [-0.4, -0.2) is 42.9 Å². The zero-order chi connectivity index (χ0) is 14.8. The van der Waals surface area contributed by atoms with E-state index < -0.39 is 17.9 Å². The number of hydrogen-bond donors (Lipinski definition) is 3. The molecule has 1 saturated heterocycles. The van der Waals surface area contributed by atoms with E-state index in [2.05, 4.69) is 17.6 Å². The molecule has 0 radical (unpaired) electrons. The number of rotatable bonds is 9. The van der Waals surface area contributed by atoms with Crippen molar-refractivity contribution in [3.05, 3.63) is 0 Å². The maximum atomic E-state index is 11.6. The van der Waals surface area contributed by atoms with Gasteiger partial charge in [-0.2, -0.15) is 0 Å². The van der Waals surface area contributed by atoms with E-state index in [1.807, 2.05) is 0 Å². The molecular formula is C14H26N2O4. The lowest BCUT2D eigenvalue weighted by Crippen LogP contribution is -2.47. The normalized spacial score (nSPS) is 21.6. The van der Waals surface area contributed by atoms with Gasteiger partial charge in [-0.3, -0.25) is 4.79 Å². The van der Waals surface area contributed by atoms with E-state index in [-0.39, 0.29) is 19.2 Å². The van der Waals surface area contributed by atoms with Gasteiger partial charge in [-0.15, -0.1) is 0 Å². The summed E-state index contributed by atoms with van der Waals surface area (Å²) >= 11 is 0. The van der Waals surface area contributed by atoms with Crippen molar-refractivity contribution in [1.29, 1.82) is 0 Å². The molecule has 1 aliphatic rings. The lowest BCUT2D eigenvalue weighted by Gasteiger charge is -2.16. The number of amides is 2. The second-order valence-electron chi connectivity index (χ2n) is 5.26. The molecule has 2 unspecified atom stereocenters. The average Bonchev–Trinajstić information content (AvgIpc) is 2.86. The molecule has 1 aliphatic heterocycles. The largest absolute Gasteiger partial charge is 0.481 e. The molecule has 2 amide bonds.